The van der Waals surface area contributed by atoms with Crippen molar-refractivity contribution in [1.82, 2.24) is 5.32 Å². The number of hydrogen-bond acceptors (Lipinski definition) is 4. The van der Waals surface area contributed by atoms with Gasteiger partial charge in [0.05, 0.1) is 12.8 Å². The Balaban J connectivity index is 1.88. The van der Waals surface area contributed by atoms with Gasteiger partial charge in [-0.3, -0.25) is 0 Å². The van der Waals surface area contributed by atoms with E-state index in [4.69, 9.17) is 4.74 Å². The van der Waals surface area contributed by atoms with E-state index in [9.17, 15) is 18.0 Å². The van der Waals surface area contributed by atoms with Gasteiger partial charge in [-0.25, -0.2) is 14.7 Å². The van der Waals surface area contributed by atoms with Gasteiger partial charge in [0.15, 0.2) is 5.17 Å². The maximum atomic E-state index is 14.0. The molecule has 2 aliphatic heterocycles. The van der Waals surface area contributed by atoms with Crippen LogP contribution in [-0.2, 0) is 5.66 Å². The quantitative estimate of drug-likeness (QED) is 0.855. The van der Waals surface area contributed by atoms with E-state index in [1.807, 2.05) is 0 Å². The minimum absolute atomic E-state index is 0.0295. The standard InChI is InChI=1S/C17H12F3N3O2S/c1-25-11-7-8-12-13(9-11)26-15-22-16(17(18,19)20,21-14(24)23(12)15)10-5-3-2-4-6-10/h2-9H,1H3,(H,21,24)/t16-/m1/s1. The molecule has 5 nitrogen and oxygen atoms in total. The van der Waals surface area contributed by atoms with Gasteiger partial charge in [0, 0.05) is 10.5 Å². The number of anilines is 1. The molecule has 0 bridgehead atoms. The van der Waals surface area contributed by atoms with Crippen molar-refractivity contribution < 1.29 is 22.7 Å². The number of benzene rings is 2. The van der Waals surface area contributed by atoms with Crippen LogP contribution in [0.25, 0.3) is 0 Å². The summed E-state index contributed by atoms with van der Waals surface area (Å²) < 4.78 is 47.1. The molecule has 0 unspecified atom stereocenters. The molecule has 2 heterocycles. The van der Waals surface area contributed by atoms with Gasteiger partial charge in [0.25, 0.3) is 5.66 Å². The number of thioether (sulfide) groups is 1. The Kier molecular flexibility index (Phi) is 3.65. The molecule has 2 amide bonds. The number of carbonyl (C=O) groups excluding carboxylic acids is 1. The van der Waals surface area contributed by atoms with Crippen LogP contribution in [0.15, 0.2) is 58.4 Å². The van der Waals surface area contributed by atoms with E-state index < -0.39 is 17.9 Å². The van der Waals surface area contributed by atoms with Crippen molar-refractivity contribution in [3.63, 3.8) is 0 Å². The highest BCUT2D eigenvalue weighted by molar-refractivity contribution is 8.15. The number of aliphatic imine (C=N–C) groups is 1. The van der Waals surface area contributed by atoms with E-state index in [2.05, 4.69) is 10.3 Å². The summed E-state index contributed by atoms with van der Waals surface area (Å²) in [6.07, 6.45) is -4.81. The Hall–Kier alpha value is -2.68. The van der Waals surface area contributed by atoms with Crippen molar-refractivity contribution in [3.05, 3.63) is 54.1 Å². The van der Waals surface area contributed by atoms with E-state index in [0.29, 0.717) is 16.3 Å². The first-order valence-corrected chi connectivity index (χ1v) is 8.37. The Bertz CT molecular complexity index is 917. The molecule has 0 aliphatic carbocycles. The van der Waals surface area contributed by atoms with E-state index in [0.717, 1.165) is 16.7 Å². The van der Waals surface area contributed by atoms with Gasteiger partial charge in [0.1, 0.15) is 5.75 Å². The highest BCUT2D eigenvalue weighted by Crippen LogP contribution is 2.49. The number of alkyl halides is 3. The van der Waals surface area contributed by atoms with Crippen LogP contribution in [0.5, 0.6) is 5.75 Å². The highest BCUT2D eigenvalue weighted by atomic mass is 32.2. The fourth-order valence-electron chi connectivity index (χ4n) is 2.90. The summed E-state index contributed by atoms with van der Waals surface area (Å²) in [5, 5.41) is 2.03. The molecular weight excluding hydrogens is 367 g/mol. The van der Waals surface area contributed by atoms with Gasteiger partial charge in [-0.1, -0.05) is 30.3 Å². The molecule has 2 aromatic carbocycles. The van der Waals surface area contributed by atoms with Gasteiger partial charge >= 0.3 is 12.2 Å². The second kappa shape index (κ2) is 5.66. The number of urea groups is 1. The largest absolute Gasteiger partial charge is 0.497 e. The summed E-state index contributed by atoms with van der Waals surface area (Å²) in [7, 11) is 1.49. The second-order valence-electron chi connectivity index (χ2n) is 5.67. The zero-order valence-electron chi connectivity index (χ0n) is 13.4. The fourth-order valence-corrected chi connectivity index (χ4v) is 3.99. The molecule has 9 heteroatoms. The topological polar surface area (TPSA) is 53.9 Å². The van der Waals surface area contributed by atoms with Crippen LogP contribution in [0.1, 0.15) is 5.56 Å². The van der Waals surface area contributed by atoms with Gasteiger partial charge in [-0.2, -0.15) is 13.2 Å². The predicted octanol–water partition coefficient (Wildman–Crippen LogP) is 4.10. The molecule has 0 saturated carbocycles. The van der Waals surface area contributed by atoms with Crippen molar-refractivity contribution in [3.8, 4) is 5.75 Å². The van der Waals surface area contributed by atoms with Crippen molar-refractivity contribution in [2.45, 2.75) is 16.7 Å². The Morgan fingerprint density at radius 2 is 1.92 bits per heavy atom. The second-order valence-corrected chi connectivity index (χ2v) is 6.68. The van der Waals surface area contributed by atoms with Gasteiger partial charge in [0.2, 0.25) is 0 Å². The van der Waals surface area contributed by atoms with Crippen molar-refractivity contribution in [2.24, 2.45) is 4.99 Å². The molecular formula is C17H12F3N3O2S. The highest BCUT2D eigenvalue weighted by Gasteiger charge is 2.61. The van der Waals surface area contributed by atoms with E-state index in [-0.39, 0.29) is 10.7 Å². The summed E-state index contributed by atoms with van der Waals surface area (Å²) in [5.74, 6) is 0.544. The summed E-state index contributed by atoms with van der Waals surface area (Å²) in [6.45, 7) is 0. The number of fused-ring (bicyclic) bond motifs is 3. The number of amidine groups is 1. The lowest BCUT2D eigenvalue weighted by molar-refractivity contribution is -0.195. The maximum absolute atomic E-state index is 14.0. The molecule has 0 saturated heterocycles. The third kappa shape index (κ3) is 2.34. The number of halogens is 3. The molecule has 0 fully saturated rings. The predicted molar refractivity (Wildman–Crippen MR) is 91.5 cm³/mol. The third-order valence-electron chi connectivity index (χ3n) is 4.16. The van der Waals surface area contributed by atoms with Crippen LogP contribution in [0.2, 0.25) is 0 Å². The van der Waals surface area contributed by atoms with Crippen molar-refractivity contribution in [1.29, 1.82) is 0 Å². The molecule has 2 aliphatic rings. The number of ether oxygens (including phenoxy) is 1. The molecule has 2 aromatic rings. The zero-order valence-corrected chi connectivity index (χ0v) is 14.2. The molecule has 0 radical (unpaired) electrons. The summed E-state index contributed by atoms with van der Waals surface area (Å²) in [5.41, 5.74) is -2.51. The molecule has 0 spiro atoms. The fraction of sp³-hybridized carbons (Fsp3) is 0.176. The van der Waals surface area contributed by atoms with E-state index >= 15 is 0 Å². The van der Waals surface area contributed by atoms with E-state index in [1.165, 1.54) is 31.4 Å². The average molecular weight is 379 g/mol. The molecule has 4 rings (SSSR count). The van der Waals surface area contributed by atoms with Crippen molar-refractivity contribution >= 4 is 28.6 Å². The number of hydrogen-bond donors (Lipinski definition) is 1. The molecule has 26 heavy (non-hydrogen) atoms. The van der Waals surface area contributed by atoms with Crippen LogP contribution >= 0.6 is 11.8 Å². The number of methoxy groups -OCH3 is 1. The number of rotatable bonds is 2. The van der Waals surface area contributed by atoms with Crippen LogP contribution < -0.4 is 15.0 Å². The van der Waals surface area contributed by atoms with Crippen LogP contribution in [0, 0.1) is 0 Å². The van der Waals surface area contributed by atoms with Crippen LogP contribution in [-0.4, -0.2) is 24.5 Å². The SMILES string of the molecule is COc1ccc2c(c1)SC1=N[C@](c3ccccc3)(C(F)(F)F)NC(=O)N12. The van der Waals surface area contributed by atoms with Crippen LogP contribution in [0.3, 0.4) is 0 Å². The lowest BCUT2D eigenvalue weighted by Gasteiger charge is -2.38. The lowest BCUT2D eigenvalue weighted by Crippen LogP contribution is -2.62. The molecule has 134 valence electrons. The summed E-state index contributed by atoms with van der Waals surface area (Å²) in [6, 6.07) is 11.2. The maximum Gasteiger partial charge on any atom is 0.436 e. The number of nitrogens with zero attached hydrogens (tertiary/aromatic N) is 2. The van der Waals surface area contributed by atoms with Crippen LogP contribution in [0.4, 0.5) is 23.7 Å². The van der Waals surface area contributed by atoms with Gasteiger partial charge < -0.3 is 10.1 Å². The smallest absolute Gasteiger partial charge is 0.436 e. The Labute approximate surface area is 150 Å². The average Bonchev–Trinajstić information content (AvgIpc) is 2.98. The molecule has 1 atom stereocenters. The van der Waals surface area contributed by atoms with Gasteiger partial charge in [-0.05, 0) is 30.0 Å². The molecule has 1 N–H and O–H groups in total. The minimum Gasteiger partial charge on any atom is -0.497 e. The lowest BCUT2D eigenvalue weighted by atomic mass is 9.98. The third-order valence-corrected chi connectivity index (χ3v) is 5.16. The van der Waals surface area contributed by atoms with Crippen molar-refractivity contribution in [2.75, 3.05) is 12.0 Å². The van der Waals surface area contributed by atoms with E-state index in [1.54, 1.807) is 24.3 Å². The normalized spacial score (nSPS) is 21.6. The zero-order chi connectivity index (χ0) is 18.5. The first kappa shape index (κ1) is 16.8. The number of amides is 2. The monoisotopic (exact) mass is 379 g/mol. The molecule has 0 aromatic heterocycles. The number of nitrogens with one attached hydrogen (secondary N) is 1. The minimum atomic E-state index is -4.81. The van der Waals surface area contributed by atoms with Gasteiger partial charge in [-0.15, -0.1) is 0 Å². The summed E-state index contributed by atoms with van der Waals surface area (Å²) >= 11 is 1.00. The Morgan fingerprint density at radius 3 is 2.58 bits per heavy atom. The summed E-state index contributed by atoms with van der Waals surface area (Å²) in [4.78, 5) is 18.3. The first-order valence-electron chi connectivity index (χ1n) is 7.56. The number of carbonyl (C=O) groups is 1. The first-order chi connectivity index (χ1) is 12.4. The Morgan fingerprint density at radius 1 is 1.19 bits per heavy atom.